The Hall–Kier alpha value is -1.33. The second-order valence-corrected chi connectivity index (χ2v) is 6.32. The molecule has 0 unspecified atom stereocenters. The van der Waals surface area contributed by atoms with Gasteiger partial charge in [0.05, 0.1) is 5.75 Å². The van der Waals surface area contributed by atoms with Gasteiger partial charge in [0.25, 0.3) is 0 Å². The Bertz CT molecular complexity index is 622. The van der Waals surface area contributed by atoms with Crippen molar-refractivity contribution in [2.75, 3.05) is 12.4 Å². The van der Waals surface area contributed by atoms with Crippen LogP contribution in [0.15, 0.2) is 36.5 Å². The van der Waals surface area contributed by atoms with Gasteiger partial charge in [-0.1, -0.05) is 18.2 Å². The highest BCUT2D eigenvalue weighted by Crippen LogP contribution is 2.22. The van der Waals surface area contributed by atoms with E-state index in [1.54, 1.807) is 12.3 Å². The van der Waals surface area contributed by atoms with E-state index in [1.165, 1.54) is 0 Å². The van der Waals surface area contributed by atoms with E-state index in [0.29, 0.717) is 11.3 Å². The lowest BCUT2D eigenvalue weighted by molar-refractivity contribution is 0.345. The molecule has 4 nitrogen and oxygen atoms in total. The van der Waals surface area contributed by atoms with Gasteiger partial charge in [-0.3, -0.25) is 4.98 Å². The van der Waals surface area contributed by atoms with E-state index in [2.05, 4.69) is 4.98 Å². The second-order valence-electron chi connectivity index (χ2n) is 3.42. The lowest BCUT2D eigenvalue weighted by Gasteiger charge is -2.07. The zero-order chi connectivity index (χ0) is 12.3. The van der Waals surface area contributed by atoms with Gasteiger partial charge in [-0.25, -0.2) is 8.42 Å². The van der Waals surface area contributed by atoms with Gasteiger partial charge in [0.15, 0.2) is 0 Å². The zero-order valence-electron chi connectivity index (χ0n) is 8.84. The molecule has 0 atom stereocenters. The number of halogens is 1. The number of hydrogen-bond acceptors (Lipinski definition) is 4. The first-order valence-corrected chi connectivity index (χ1v) is 7.43. The van der Waals surface area contributed by atoms with E-state index >= 15 is 0 Å². The van der Waals surface area contributed by atoms with Crippen LogP contribution < -0.4 is 4.74 Å². The van der Waals surface area contributed by atoms with Crippen molar-refractivity contribution in [2.45, 2.75) is 0 Å². The molecule has 0 N–H and O–H groups in total. The molecule has 2 rings (SSSR count). The molecule has 0 radical (unpaired) electrons. The first-order valence-electron chi connectivity index (χ1n) is 4.95. The van der Waals surface area contributed by atoms with E-state index in [0.717, 1.165) is 5.39 Å². The van der Waals surface area contributed by atoms with Crippen molar-refractivity contribution in [3.63, 3.8) is 0 Å². The number of nitrogens with zero attached hydrogens (tertiary/aromatic N) is 1. The normalized spacial score (nSPS) is 11.6. The molecule has 0 fully saturated rings. The Morgan fingerprint density at radius 3 is 2.76 bits per heavy atom. The summed E-state index contributed by atoms with van der Waals surface area (Å²) >= 11 is 0. The molecule has 0 aliphatic heterocycles. The van der Waals surface area contributed by atoms with Crippen molar-refractivity contribution in [3.8, 4) is 5.75 Å². The lowest BCUT2D eigenvalue weighted by atomic mass is 10.2. The van der Waals surface area contributed by atoms with Crippen molar-refractivity contribution < 1.29 is 13.2 Å². The molecule has 0 aliphatic carbocycles. The second kappa shape index (κ2) is 4.89. The summed E-state index contributed by atoms with van der Waals surface area (Å²) in [6, 6.07) is 9.22. The van der Waals surface area contributed by atoms with Crippen LogP contribution in [0.5, 0.6) is 5.75 Å². The molecule has 1 aromatic carbocycles. The van der Waals surface area contributed by atoms with Crippen LogP contribution in [-0.2, 0) is 9.05 Å². The Kier molecular flexibility index (Phi) is 3.49. The number of fused-ring (bicyclic) bond motifs is 1. The maximum Gasteiger partial charge on any atom is 0.235 e. The molecule has 0 bridgehead atoms. The van der Waals surface area contributed by atoms with E-state index in [1.807, 2.05) is 24.3 Å². The smallest absolute Gasteiger partial charge is 0.235 e. The van der Waals surface area contributed by atoms with Crippen molar-refractivity contribution >= 4 is 30.6 Å². The van der Waals surface area contributed by atoms with Crippen LogP contribution in [0.3, 0.4) is 0 Å². The van der Waals surface area contributed by atoms with Gasteiger partial charge in [0, 0.05) is 22.3 Å². The number of rotatable bonds is 4. The highest BCUT2D eigenvalue weighted by Gasteiger charge is 2.07. The fraction of sp³-hybridized carbons (Fsp3) is 0.182. The van der Waals surface area contributed by atoms with Gasteiger partial charge in [0.2, 0.25) is 9.05 Å². The van der Waals surface area contributed by atoms with Crippen LogP contribution in [-0.4, -0.2) is 25.8 Å². The van der Waals surface area contributed by atoms with Crippen molar-refractivity contribution in [1.82, 2.24) is 4.98 Å². The quantitative estimate of drug-likeness (QED) is 0.800. The monoisotopic (exact) mass is 271 g/mol. The summed E-state index contributed by atoms with van der Waals surface area (Å²) in [6.07, 6.45) is 1.66. The summed E-state index contributed by atoms with van der Waals surface area (Å²) in [6.45, 7) is 0.0154. The molecular formula is C11H10ClNO3S. The fourth-order valence-corrected chi connectivity index (χ4v) is 1.92. The van der Waals surface area contributed by atoms with Crippen LogP contribution in [0.1, 0.15) is 0 Å². The van der Waals surface area contributed by atoms with E-state index in [9.17, 15) is 8.42 Å². The van der Waals surface area contributed by atoms with Crippen molar-refractivity contribution in [2.24, 2.45) is 0 Å². The summed E-state index contributed by atoms with van der Waals surface area (Å²) in [4.78, 5) is 4.19. The molecule has 1 heterocycles. The largest absolute Gasteiger partial charge is 0.490 e. The van der Waals surface area contributed by atoms with E-state index < -0.39 is 9.05 Å². The highest BCUT2D eigenvalue weighted by molar-refractivity contribution is 8.13. The number of pyridine rings is 1. The third-order valence-electron chi connectivity index (χ3n) is 2.18. The molecule has 0 aliphatic rings. The standard InChI is InChI=1S/C11H10ClNO3S/c12-17(14,15)8-7-16-10-5-1-3-9-4-2-6-13-11(9)10/h1-6H,7-8H2. The van der Waals surface area contributed by atoms with Crippen LogP contribution >= 0.6 is 10.7 Å². The zero-order valence-corrected chi connectivity index (χ0v) is 10.4. The summed E-state index contributed by atoms with van der Waals surface area (Å²) in [5, 5.41) is 0.943. The highest BCUT2D eigenvalue weighted by atomic mass is 35.7. The molecule has 17 heavy (non-hydrogen) atoms. The Balaban J connectivity index is 2.19. The van der Waals surface area contributed by atoms with Crippen molar-refractivity contribution in [1.29, 1.82) is 0 Å². The Morgan fingerprint density at radius 1 is 1.24 bits per heavy atom. The van der Waals surface area contributed by atoms with Crippen molar-refractivity contribution in [3.05, 3.63) is 36.5 Å². The van der Waals surface area contributed by atoms with Crippen LogP contribution in [0.25, 0.3) is 10.9 Å². The van der Waals surface area contributed by atoms with Gasteiger partial charge in [-0.05, 0) is 12.1 Å². The van der Waals surface area contributed by atoms with Gasteiger partial charge in [-0.15, -0.1) is 0 Å². The Morgan fingerprint density at radius 2 is 2.00 bits per heavy atom. The predicted octanol–water partition coefficient (Wildman–Crippen LogP) is 2.18. The van der Waals surface area contributed by atoms with E-state index in [4.69, 9.17) is 15.4 Å². The molecule has 0 saturated carbocycles. The van der Waals surface area contributed by atoms with E-state index in [-0.39, 0.29) is 12.4 Å². The number of benzene rings is 1. The molecule has 0 amide bonds. The first kappa shape index (κ1) is 12.1. The van der Waals surface area contributed by atoms with Crippen LogP contribution in [0.4, 0.5) is 0 Å². The number of aromatic nitrogens is 1. The molecule has 0 saturated heterocycles. The molecule has 2 aromatic rings. The predicted molar refractivity (Wildman–Crippen MR) is 66.9 cm³/mol. The average molecular weight is 272 g/mol. The van der Waals surface area contributed by atoms with Gasteiger partial charge >= 0.3 is 0 Å². The minimum atomic E-state index is -3.52. The number of ether oxygens (including phenoxy) is 1. The Labute approximate surface area is 104 Å². The van der Waals surface area contributed by atoms with Gasteiger partial charge < -0.3 is 4.74 Å². The molecule has 6 heteroatoms. The molecular weight excluding hydrogens is 262 g/mol. The summed E-state index contributed by atoms with van der Waals surface area (Å²) < 4.78 is 26.9. The third-order valence-corrected chi connectivity index (χ3v) is 3.30. The molecule has 1 aromatic heterocycles. The minimum absolute atomic E-state index is 0.0154. The third kappa shape index (κ3) is 3.31. The van der Waals surface area contributed by atoms with Gasteiger partial charge in [-0.2, -0.15) is 0 Å². The SMILES string of the molecule is O=S(=O)(Cl)CCOc1cccc2cccnc12. The lowest BCUT2D eigenvalue weighted by Crippen LogP contribution is -2.09. The minimum Gasteiger partial charge on any atom is -0.490 e. The first-order chi connectivity index (χ1) is 8.06. The molecule has 90 valence electrons. The summed E-state index contributed by atoms with van der Waals surface area (Å²) in [5.74, 6) is 0.334. The number of para-hydroxylation sites is 1. The summed E-state index contributed by atoms with van der Waals surface area (Å²) in [7, 11) is 1.57. The maximum absolute atomic E-state index is 10.8. The van der Waals surface area contributed by atoms with Crippen LogP contribution in [0, 0.1) is 0 Å². The van der Waals surface area contributed by atoms with Crippen LogP contribution in [0.2, 0.25) is 0 Å². The summed E-state index contributed by atoms with van der Waals surface area (Å²) in [5.41, 5.74) is 0.710. The topological polar surface area (TPSA) is 56.3 Å². The fourth-order valence-electron chi connectivity index (χ4n) is 1.44. The average Bonchev–Trinajstić information content (AvgIpc) is 2.28. The number of hydrogen-bond donors (Lipinski definition) is 0. The molecule has 0 spiro atoms. The maximum atomic E-state index is 10.8. The van der Waals surface area contributed by atoms with Gasteiger partial charge in [0.1, 0.15) is 17.9 Å².